The van der Waals surface area contributed by atoms with Crippen molar-refractivity contribution in [1.82, 2.24) is 20.0 Å². The van der Waals surface area contributed by atoms with Crippen molar-refractivity contribution in [2.24, 2.45) is 5.73 Å². The van der Waals surface area contributed by atoms with Crippen molar-refractivity contribution in [3.8, 4) is 5.69 Å². The number of rotatable bonds is 7. The smallest absolute Gasteiger partial charge is 0.221 e. The molecule has 1 fully saturated rings. The Morgan fingerprint density at radius 3 is 2.88 bits per heavy atom. The number of para-hydroxylation sites is 1. The maximum atomic E-state index is 11.7. The SMILES string of the molecule is NCCC(=O)NCC1CCCCN1Cc1ccn(-c2ccccc2)n1. The summed E-state index contributed by atoms with van der Waals surface area (Å²) in [6.07, 6.45) is 5.93. The van der Waals surface area contributed by atoms with Gasteiger partial charge in [-0.2, -0.15) is 5.10 Å². The lowest BCUT2D eigenvalue weighted by molar-refractivity contribution is -0.121. The van der Waals surface area contributed by atoms with Crippen LogP contribution in [0.4, 0.5) is 0 Å². The Bertz CT molecular complexity index is 669. The molecule has 1 aromatic carbocycles. The number of hydrogen-bond acceptors (Lipinski definition) is 4. The fraction of sp³-hybridized carbons (Fsp3) is 0.474. The molecule has 6 nitrogen and oxygen atoms in total. The minimum atomic E-state index is 0.0429. The van der Waals surface area contributed by atoms with E-state index in [-0.39, 0.29) is 5.91 Å². The normalized spacial score (nSPS) is 18.2. The first kappa shape index (κ1) is 17.6. The fourth-order valence-electron chi connectivity index (χ4n) is 3.33. The molecule has 1 aliphatic rings. The highest BCUT2D eigenvalue weighted by atomic mass is 16.1. The summed E-state index contributed by atoms with van der Waals surface area (Å²) in [4.78, 5) is 14.1. The summed E-state index contributed by atoms with van der Waals surface area (Å²) < 4.78 is 1.91. The van der Waals surface area contributed by atoms with Gasteiger partial charge in [-0.3, -0.25) is 9.69 Å². The van der Waals surface area contributed by atoms with E-state index in [4.69, 9.17) is 10.8 Å². The largest absolute Gasteiger partial charge is 0.354 e. The van der Waals surface area contributed by atoms with E-state index in [1.807, 2.05) is 41.2 Å². The van der Waals surface area contributed by atoms with Crippen molar-refractivity contribution in [3.63, 3.8) is 0 Å². The number of piperidine rings is 1. The quantitative estimate of drug-likeness (QED) is 0.803. The van der Waals surface area contributed by atoms with E-state index >= 15 is 0 Å². The third-order valence-electron chi connectivity index (χ3n) is 4.69. The number of hydrogen-bond donors (Lipinski definition) is 2. The topological polar surface area (TPSA) is 76.2 Å². The van der Waals surface area contributed by atoms with Gasteiger partial charge in [-0.25, -0.2) is 4.68 Å². The summed E-state index contributed by atoms with van der Waals surface area (Å²) >= 11 is 0. The molecule has 25 heavy (non-hydrogen) atoms. The van der Waals surface area contributed by atoms with E-state index in [2.05, 4.69) is 16.3 Å². The van der Waals surface area contributed by atoms with Crippen LogP contribution in [0.1, 0.15) is 31.4 Å². The van der Waals surface area contributed by atoms with Gasteiger partial charge >= 0.3 is 0 Å². The Balaban J connectivity index is 1.60. The number of nitrogens with zero attached hydrogens (tertiary/aromatic N) is 3. The standard InChI is InChI=1S/C19H27N5O/c20-11-9-19(25)21-14-18-8-4-5-12-23(18)15-16-10-13-24(22-16)17-6-2-1-3-7-17/h1-3,6-7,10,13,18H,4-5,8-9,11-12,14-15,20H2,(H,21,25). The molecular weight excluding hydrogens is 314 g/mol. The summed E-state index contributed by atoms with van der Waals surface area (Å²) in [7, 11) is 0. The Labute approximate surface area is 149 Å². The van der Waals surface area contributed by atoms with Crippen molar-refractivity contribution in [2.45, 2.75) is 38.3 Å². The molecule has 3 N–H and O–H groups in total. The van der Waals surface area contributed by atoms with Crippen LogP contribution in [0.2, 0.25) is 0 Å². The molecule has 0 bridgehead atoms. The van der Waals surface area contributed by atoms with Gasteiger partial charge in [-0.1, -0.05) is 24.6 Å². The van der Waals surface area contributed by atoms with Gasteiger partial charge in [0, 0.05) is 38.3 Å². The van der Waals surface area contributed by atoms with Gasteiger partial charge in [0.25, 0.3) is 0 Å². The van der Waals surface area contributed by atoms with Crippen LogP contribution in [0.5, 0.6) is 0 Å². The van der Waals surface area contributed by atoms with E-state index in [1.54, 1.807) is 0 Å². The first-order chi connectivity index (χ1) is 12.3. The lowest BCUT2D eigenvalue weighted by Crippen LogP contribution is -2.46. The number of benzene rings is 1. The van der Waals surface area contributed by atoms with Gasteiger partial charge in [-0.05, 0) is 37.6 Å². The minimum absolute atomic E-state index is 0.0429. The van der Waals surface area contributed by atoms with E-state index in [1.165, 1.54) is 12.8 Å². The molecule has 1 aliphatic heterocycles. The molecule has 1 atom stereocenters. The van der Waals surface area contributed by atoms with E-state index < -0.39 is 0 Å². The minimum Gasteiger partial charge on any atom is -0.354 e. The summed E-state index contributed by atoms with van der Waals surface area (Å²) in [6.45, 7) is 2.96. The van der Waals surface area contributed by atoms with E-state index in [0.29, 0.717) is 25.6 Å². The molecule has 1 amide bonds. The van der Waals surface area contributed by atoms with Crippen LogP contribution in [-0.2, 0) is 11.3 Å². The molecule has 0 radical (unpaired) electrons. The number of likely N-dealkylation sites (tertiary alicyclic amines) is 1. The Morgan fingerprint density at radius 1 is 1.24 bits per heavy atom. The van der Waals surface area contributed by atoms with Gasteiger partial charge in [0.05, 0.1) is 11.4 Å². The van der Waals surface area contributed by atoms with Crippen LogP contribution < -0.4 is 11.1 Å². The Hall–Kier alpha value is -2.18. The summed E-state index contributed by atoms with van der Waals surface area (Å²) in [6, 6.07) is 12.6. The predicted octanol–water partition coefficient (Wildman–Crippen LogP) is 1.69. The van der Waals surface area contributed by atoms with Gasteiger partial charge in [-0.15, -0.1) is 0 Å². The van der Waals surface area contributed by atoms with Crippen LogP contribution in [-0.4, -0.2) is 46.3 Å². The molecule has 2 heterocycles. The maximum absolute atomic E-state index is 11.7. The molecule has 3 rings (SSSR count). The first-order valence-corrected chi connectivity index (χ1v) is 9.07. The zero-order chi connectivity index (χ0) is 17.5. The molecule has 0 aliphatic carbocycles. The van der Waals surface area contributed by atoms with Crippen molar-refractivity contribution < 1.29 is 4.79 Å². The molecular formula is C19H27N5O. The second-order valence-electron chi connectivity index (χ2n) is 6.55. The number of aromatic nitrogens is 2. The Morgan fingerprint density at radius 2 is 2.08 bits per heavy atom. The molecule has 0 spiro atoms. The maximum Gasteiger partial charge on any atom is 0.221 e. The van der Waals surface area contributed by atoms with Crippen LogP contribution in [0.3, 0.4) is 0 Å². The molecule has 134 valence electrons. The van der Waals surface area contributed by atoms with Crippen LogP contribution in [0.25, 0.3) is 5.69 Å². The highest BCUT2D eigenvalue weighted by Gasteiger charge is 2.23. The number of nitrogens with two attached hydrogens (primary N) is 1. The van der Waals surface area contributed by atoms with Gasteiger partial charge in [0.2, 0.25) is 5.91 Å². The third kappa shape index (κ3) is 4.90. The summed E-state index contributed by atoms with van der Waals surface area (Å²) in [5.74, 6) is 0.0429. The Kier molecular flexibility index (Phi) is 6.19. The van der Waals surface area contributed by atoms with Crippen LogP contribution in [0.15, 0.2) is 42.6 Å². The molecule has 1 aromatic heterocycles. The number of nitrogens with one attached hydrogen (secondary N) is 1. The number of carbonyl (C=O) groups is 1. The second kappa shape index (κ2) is 8.78. The van der Waals surface area contributed by atoms with Crippen molar-refractivity contribution in [3.05, 3.63) is 48.3 Å². The van der Waals surface area contributed by atoms with Crippen molar-refractivity contribution in [2.75, 3.05) is 19.6 Å². The molecule has 0 saturated carbocycles. The monoisotopic (exact) mass is 341 g/mol. The lowest BCUT2D eigenvalue weighted by atomic mass is 10.0. The predicted molar refractivity (Wildman–Crippen MR) is 98.3 cm³/mol. The average Bonchev–Trinajstić information content (AvgIpc) is 3.11. The van der Waals surface area contributed by atoms with Crippen molar-refractivity contribution in [1.29, 1.82) is 0 Å². The average molecular weight is 341 g/mol. The molecule has 1 unspecified atom stereocenters. The number of carbonyl (C=O) groups excluding carboxylic acids is 1. The van der Waals surface area contributed by atoms with Gasteiger partial charge in [0.15, 0.2) is 0 Å². The molecule has 6 heteroatoms. The van der Waals surface area contributed by atoms with Crippen LogP contribution >= 0.6 is 0 Å². The molecule has 1 saturated heterocycles. The molecule has 2 aromatic rings. The highest BCUT2D eigenvalue weighted by Crippen LogP contribution is 2.19. The van der Waals surface area contributed by atoms with Crippen LogP contribution in [0, 0.1) is 0 Å². The van der Waals surface area contributed by atoms with Crippen molar-refractivity contribution >= 4 is 5.91 Å². The third-order valence-corrected chi connectivity index (χ3v) is 4.69. The zero-order valence-electron chi connectivity index (χ0n) is 14.6. The summed E-state index contributed by atoms with van der Waals surface area (Å²) in [5, 5.41) is 7.72. The lowest BCUT2D eigenvalue weighted by Gasteiger charge is -2.35. The second-order valence-corrected chi connectivity index (χ2v) is 6.55. The fourth-order valence-corrected chi connectivity index (χ4v) is 3.33. The van der Waals surface area contributed by atoms with Gasteiger partial charge < -0.3 is 11.1 Å². The summed E-state index contributed by atoms with van der Waals surface area (Å²) in [5.41, 5.74) is 7.56. The zero-order valence-corrected chi connectivity index (χ0v) is 14.6. The first-order valence-electron chi connectivity index (χ1n) is 9.07. The number of amides is 1. The van der Waals surface area contributed by atoms with Gasteiger partial charge in [0.1, 0.15) is 0 Å². The highest BCUT2D eigenvalue weighted by molar-refractivity contribution is 5.76. The van der Waals surface area contributed by atoms with E-state index in [0.717, 1.165) is 30.9 Å². The van der Waals surface area contributed by atoms with E-state index in [9.17, 15) is 4.79 Å².